The third-order valence-electron chi connectivity index (χ3n) is 1.70. The van der Waals surface area contributed by atoms with Gasteiger partial charge in [0.1, 0.15) is 0 Å². The molecule has 0 spiro atoms. The van der Waals surface area contributed by atoms with E-state index in [0.29, 0.717) is 0 Å². The molecule has 0 aliphatic heterocycles. The van der Waals surface area contributed by atoms with Crippen LogP contribution in [0.3, 0.4) is 0 Å². The Hall–Kier alpha value is -1.35. The van der Waals surface area contributed by atoms with Crippen LogP contribution in [-0.2, 0) is 19.5 Å². The molecule has 0 saturated heterocycles. The van der Waals surface area contributed by atoms with Gasteiger partial charge in [-0.3, -0.25) is 15.0 Å². The number of pyridine rings is 3. The zero-order valence-corrected chi connectivity index (χ0v) is 14.4. The van der Waals surface area contributed by atoms with E-state index < -0.39 is 0 Å². The third kappa shape index (κ3) is 18.7. The fourth-order valence-corrected chi connectivity index (χ4v) is 0.938. The Morgan fingerprint density at radius 1 is 0.333 bits per heavy atom. The zero-order chi connectivity index (χ0) is 12.7. The van der Waals surface area contributed by atoms with Crippen molar-refractivity contribution >= 4 is 0 Å². The monoisotopic (exact) mass is 409 g/mol. The van der Waals surface area contributed by atoms with Crippen LogP contribution in [0.25, 0.3) is 0 Å². The Morgan fingerprint density at radius 2 is 0.524 bits per heavy atom. The summed E-state index contributed by atoms with van der Waals surface area (Å²) in [5.41, 5.74) is 0. The third-order valence-corrected chi connectivity index (χ3v) is 1.70. The summed E-state index contributed by atoms with van der Waals surface area (Å²) in [5, 5.41) is 0. The van der Waals surface area contributed by atoms with Crippen LogP contribution in [0.15, 0.2) is 91.8 Å². The molecule has 0 fully saturated rings. The summed E-state index contributed by atoms with van der Waals surface area (Å²) in [4.78, 5) is 11.4. The maximum atomic E-state index is 3.78. The minimum Gasteiger partial charge on any atom is -1.00 e. The van der Waals surface area contributed by atoms with Crippen LogP contribution in [0, 0.1) is 0 Å². The largest absolute Gasteiger partial charge is 2.00 e. The van der Waals surface area contributed by atoms with Crippen LogP contribution >= 0.6 is 0 Å². The molecule has 0 bridgehead atoms. The van der Waals surface area contributed by atoms with Crippen LogP contribution in [0.4, 0.5) is 0 Å². The predicted octanol–water partition coefficient (Wildman–Crippen LogP) is -2.75. The first kappa shape index (κ1) is 24.7. The van der Waals surface area contributed by atoms with Gasteiger partial charge in [0.15, 0.2) is 0 Å². The molecule has 3 heterocycles. The second kappa shape index (κ2) is 21.0. The summed E-state index contributed by atoms with van der Waals surface area (Å²) in [6.45, 7) is 0. The van der Waals surface area contributed by atoms with Crippen LogP contribution in [-0.4, -0.2) is 15.0 Å². The van der Waals surface area contributed by atoms with Gasteiger partial charge < -0.3 is 24.8 Å². The van der Waals surface area contributed by atoms with Crippen molar-refractivity contribution in [1.29, 1.82) is 0 Å². The standard InChI is InChI=1S/3C5H5N.2ClH.Ru/c3*1-2-4-6-5-3-1;;;/h3*1-5H;2*1H;/q;;;;;+2/p-2. The van der Waals surface area contributed by atoms with Gasteiger partial charge in [0.2, 0.25) is 0 Å². The normalized spacial score (nSPS) is 6.86. The van der Waals surface area contributed by atoms with Crippen LogP contribution in [0.5, 0.6) is 0 Å². The SMILES string of the molecule is [Cl-].[Cl-].[Ru+2].c1ccncc1.c1ccncc1.c1ccncc1. The number of hydrogen-bond acceptors (Lipinski definition) is 3. The molecule has 0 amide bonds. The minimum absolute atomic E-state index is 0. The second-order valence-corrected chi connectivity index (χ2v) is 3.07. The molecule has 0 atom stereocenters. The number of nitrogens with zero attached hydrogens (tertiary/aromatic N) is 3. The zero-order valence-electron chi connectivity index (χ0n) is 11.1. The molecular formula is C15H15Cl2N3Ru. The van der Waals surface area contributed by atoms with Gasteiger partial charge >= 0.3 is 19.5 Å². The Labute approximate surface area is 150 Å². The second-order valence-electron chi connectivity index (χ2n) is 3.07. The number of rotatable bonds is 0. The topological polar surface area (TPSA) is 38.7 Å². The smallest absolute Gasteiger partial charge is 1.00 e. The summed E-state index contributed by atoms with van der Waals surface area (Å²) in [7, 11) is 0. The quantitative estimate of drug-likeness (QED) is 0.378. The van der Waals surface area contributed by atoms with E-state index in [4.69, 9.17) is 0 Å². The van der Waals surface area contributed by atoms with Gasteiger partial charge in [-0.1, -0.05) is 18.2 Å². The van der Waals surface area contributed by atoms with Gasteiger partial charge in [-0.2, -0.15) is 0 Å². The molecule has 0 unspecified atom stereocenters. The number of halogens is 2. The molecular weight excluding hydrogens is 394 g/mol. The molecule has 3 rings (SSSR count). The van der Waals surface area contributed by atoms with Gasteiger partial charge in [-0.25, -0.2) is 0 Å². The van der Waals surface area contributed by atoms with E-state index in [1.165, 1.54) is 0 Å². The van der Waals surface area contributed by atoms with Gasteiger partial charge in [0, 0.05) is 37.2 Å². The van der Waals surface area contributed by atoms with Gasteiger partial charge in [0.05, 0.1) is 0 Å². The molecule has 0 aromatic carbocycles. The first-order valence-electron chi connectivity index (χ1n) is 5.55. The average molecular weight is 409 g/mol. The van der Waals surface area contributed by atoms with E-state index in [9.17, 15) is 0 Å². The summed E-state index contributed by atoms with van der Waals surface area (Å²) in [6, 6.07) is 17.1. The van der Waals surface area contributed by atoms with Crippen molar-refractivity contribution < 1.29 is 44.3 Å². The molecule has 0 N–H and O–H groups in total. The maximum absolute atomic E-state index is 3.78. The van der Waals surface area contributed by atoms with Gasteiger partial charge in [-0.15, -0.1) is 0 Å². The van der Waals surface area contributed by atoms with Gasteiger partial charge in [0.25, 0.3) is 0 Å². The maximum Gasteiger partial charge on any atom is 2.00 e. The Kier molecular flexibility index (Phi) is 24.6. The fourth-order valence-electron chi connectivity index (χ4n) is 0.938. The van der Waals surface area contributed by atoms with Crippen LogP contribution in [0.2, 0.25) is 0 Å². The van der Waals surface area contributed by atoms with E-state index in [0.717, 1.165) is 0 Å². The Bertz CT molecular complexity index is 318. The van der Waals surface area contributed by atoms with E-state index in [1.807, 2.05) is 54.6 Å². The van der Waals surface area contributed by atoms with Crippen LogP contribution in [0.1, 0.15) is 0 Å². The summed E-state index contributed by atoms with van der Waals surface area (Å²) in [6.07, 6.45) is 10.5. The minimum atomic E-state index is 0. The summed E-state index contributed by atoms with van der Waals surface area (Å²) in [5.74, 6) is 0. The molecule has 3 aromatic rings. The van der Waals surface area contributed by atoms with E-state index in [1.54, 1.807) is 37.2 Å². The van der Waals surface area contributed by atoms with Crippen molar-refractivity contribution in [3.05, 3.63) is 91.8 Å². The van der Waals surface area contributed by atoms with Crippen molar-refractivity contribution in [2.24, 2.45) is 0 Å². The molecule has 3 nitrogen and oxygen atoms in total. The summed E-state index contributed by atoms with van der Waals surface area (Å²) < 4.78 is 0. The van der Waals surface area contributed by atoms with Gasteiger partial charge in [-0.05, 0) is 36.4 Å². The molecule has 112 valence electrons. The molecule has 21 heavy (non-hydrogen) atoms. The predicted molar refractivity (Wildman–Crippen MR) is 72.7 cm³/mol. The summed E-state index contributed by atoms with van der Waals surface area (Å²) >= 11 is 0. The Balaban J connectivity index is -0.000000216. The molecule has 0 saturated carbocycles. The number of hydrogen-bond donors (Lipinski definition) is 0. The molecule has 6 heteroatoms. The first-order chi connectivity index (χ1) is 9.00. The number of aromatic nitrogens is 3. The van der Waals surface area contributed by atoms with E-state index in [-0.39, 0.29) is 44.3 Å². The Morgan fingerprint density at radius 3 is 0.571 bits per heavy atom. The molecule has 0 aliphatic carbocycles. The average Bonchev–Trinajstić information content (AvgIpc) is 2.54. The molecule has 0 radical (unpaired) electrons. The van der Waals surface area contributed by atoms with Crippen molar-refractivity contribution in [2.75, 3.05) is 0 Å². The van der Waals surface area contributed by atoms with E-state index >= 15 is 0 Å². The van der Waals surface area contributed by atoms with Crippen molar-refractivity contribution in [1.82, 2.24) is 15.0 Å². The molecule has 3 aromatic heterocycles. The van der Waals surface area contributed by atoms with E-state index in [2.05, 4.69) is 15.0 Å². The fraction of sp³-hybridized carbons (Fsp3) is 0. The van der Waals surface area contributed by atoms with Crippen molar-refractivity contribution in [3.8, 4) is 0 Å². The van der Waals surface area contributed by atoms with Crippen LogP contribution < -0.4 is 24.8 Å². The molecule has 0 aliphatic rings. The first-order valence-corrected chi connectivity index (χ1v) is 5.55. The van der Waals surface area contributed by atoms with Crippen molar-refractivity contribution in [2.45, 2.75) is 0 Å². The van der Waals surface area contributed by atoms with Crippen molar-refractivity contribution in [3.63, 3.8) is 0 Å².